The maximum absolute atomic E-state index is 12.7. The number of phenols is 2. The van der Waals surface area contributed by atoms with E-state index < -0.39 is 0 Å². The molecule has 2 heterocycles. The molecule has 284 valence electrons. The van der Waals surface area contributed by atoms with E-state index in [4.69, 9.17) is 9.47 Å². The van der Waals surface area contributed by atoms with Gasteiger partial charge in [-0.1, -0.05) is 36.4 Å². The summed E-state index contributed by atoms with van der Waals surface area (Å²) >= 11 is 0. The van der Waals surface area contributed by atoms with Gasteiger partial charge in [-0.25, -0.2) is 9.59 Å². The zero-order chi connectivity index (χ0) is 37.4. The van der Waals surface area contributed by atoms with Gasteiger partial charge in [-0.2, -0.15) is 0 Å². The van der Waals surface area contributed by atoms with Crippen molar-refractivity contribution < 1.29 is 29.3 Å². The van der Waals surface area contributed by atoms with Gasteiger partial charge in [0.1, 0.15) is 23.0 Å². The van der Waals surface area contributed by atoms with Gasteiger partial charge < -0.3 is 49.9 Å². The predicted molar refractivity (Wildman–Crippen MR) is 211 cm³/mol. The lowest BCUT2D eigenvalue weighted by atomic mass is 10.1. The van der Waals surface area contributed by atoms with E-state index in [1.54, 1.807) is 43.4 Å². The van der Waals surface area contributed by atoms with Crippen LogP contribution < -0.4 is 20.1 Å². The summed E-state index contributed by atoms with van der Waals surface area (Å²) in [7, 11) is 11.2. The van der Waals surface area contributed by atoms with Gasteiger partial charge in [-0.15, -0.1) is 17.0 Å². The van der Waals surface area contributed by atoms with Crippen molar-refractivity contribution >= 4 is 29.0 Å². The SMILES string of the molecule is Br.CN(C)C(CNC(=O)N1Cc2ccc(O)cc2C1)c1ccc(O)cc1.COc1ccc(C(CNC(=O)N2Cc3ccc(OC)cc3C2)N(C)C)cc1. The maximum Gasteiger partial charge on any atom is 0.318 e. The first-order chi connectivity index (χ1) is 24.9. The number of hydrogen-bond acceptors (Lipinski definition) is 8. The third-order valence-electron chi connectivity index (χ3n) is 9.54. The second-order valence-electron chi connectivity index (χ2n) is 13.5. The number of carbonyl (C=O) groups excluding carboxylic acids is 2. The molecular formula is C40H51BrN6O6. The summed E-state index contributed by atoms with van der Waals surface area (Å²) in [5, 5.41) is 25.1. The summed E-state index contributed by atoms with van der Waals surface area (Å²) < 4.78 is 10.5. The van der Waals surface area contributed by atoms with E-state index >= 15 is 0 Å². The topological polar surface area (TPSA) is 130 Å². The molecule has 4 N–H and O–H groups in total. The number of benzene rings is 4. The molecule has 0 fully saturated rings. The van der Waals surface area contributed by atoms with Crippen molar-refractivity contribution in [3.05, 3.63) is 118 Å². The summed E-state index contributed by atoms with van der Waals surface area (Å²) in [6.45, 7) is 3.28. The molecule has 2 atom stereocenters. The molecule has 0 aromatic heterocycles. The van der Waals surface area contributed by atoms with E-state index in [2.05, 4.69) is 15.5 Å². The van der Waals surface area contributed by atoms with Crippen LogP contribution in [-0.2, 0) is 26.2 Å². The van der Waals surface area contributed by atoms with Crippen molar-refractivity contribution in [1.82, 2.24) is 30.2 Å². The van der Waals surface area contributed by atoms with Crippen molar-refractivity contribution in [2.24, 2.45) is 0 Å². The number of urea groups is 2. The number of aromatic hydroxyl groups is 2. The van der Waals surface area contributed by atoms with Gasteiger partial charge in [0.05, 0.1) is 26.3 Å². The summed E-state index contributed by atoms with van der Waals surface area (Å²) in [5.74, 6) is 2.10. The summed E-state index contributed by atoms with van der Waals surface area (Å²) in [6.07, 6.45) is 0. The highest BCUT2D eigenvalue weighted by molar-refractivity contribution is 8.93. The molecule has 0 bridgehead atoms. The number of ether oxygens (including phenoxy) is 2. The third-order valence-corrected chi connectivity index (χ3v) is 9.54. The number of hydrogen-bond donors (Lipinski definition) is 4. The van der Waals surface area contributed by atoms with E-state index in [1.165, 1.54) is 5.56 Å². The fourth-order valence-corrected chi connectivity index (χ4v) is 6.48. The zero-order valence-electron chi connectivity index (χ0n) is 31.2. The van der Waals surface area contributed by atoms with Crippen molar-refractivity contribution in [3.8, 4) is 23.0 Å². The predicted octanol–water partition coefficient (Wildman–Crippen LogP) is 6.04. The van der Waals surface area contributed by atoms with Crippen molar-refractivity contribution in [1.29, 1.82) is 0 Å². The fraction of sp³-hybridized carbons (Fsp3) is 0.350. The molecule has 4 aromatic carbocycles. The number of nitrogens with zero attached hydrogens (tertiary/aromatic N) is 4. The molecule has 13 heteroatoms. The number of nitrogens with one attached hydrogen (secondary N) is 2. The van der Waals surface area contributed by atoms with Crippen LogP contribution in [0.5, 0.6) is 23.0 Å². The average molecular weight is 792 g/mol. The molecule has 6 rings (SSSR count). The third kappa shape index (κ3) is 10.6. The zero-order valence-corrected chi connectivity index (χ0v) is 32.9. The van der Waals surface area contributed by atoms with Crippen molar-refractivity contribution in [2.45, 2.75) is 38.3 Å². The number of amides is 4. The molecule has 0 spiro atoms. The second-order valence-corrected chi connectivity index (χ2v) is 13.5. The van der Waals surface area contributed by atoms with Gasteiger partial charge in [0, 0.05) is 39.3 Å². The molecule has 0 saturated carbocycles. The molecular weight excluding hydrogens is 740 g/mol. The van der Waals surface area contributed by atoms with Crippen LogP contribution in [0.15, 0.2) is 84.9 Å². The minimum absolute atomic E-state index is 0. The first-order valence-electron chi connectivity index (χ1n) is 17.2. The molecule has 2 aliphatic rings. The van der Waals surface area contributed by atoms with Crippen LogP contribution in [-0.4, -0.2) is 97.4 Å². The van der Waals surface area contributed by atoms with E-state index in [0.717, 1.165) is 39.3 Å². The molecule has 12 nitrogen and oxygen atoms in total. The van der Waals surface area contributed by atoms with Gasteiger partial charge in [0.2, 0.25) is 0 Å². The van der Waals surface area contributed by atoms with Crippen LogP contribution in [0, 0.1) is 0 Å². The Bertz CT molecular complexity index is 1820. The van der Waals surface area contributed by atoms with Gasteiger partial charge >= 0.3 is 12.1 Å². The summed E-state index contributed by atoms with van der Waals surface area (Å²) in [6, 6.07) is 26.1. The normalized spacial score (nSPS) is 14.0. The Hall–Kier alpha value is -4.98. The minimum Gasteiger partial charge on any atom is -0.508 e. The van der Waals surface area contributed by atoms with E-state index in [0.29, 0.717) is 39.3 Å². The average Bonchev–Trinajstić information content (AvgIpc) is 3.77. The van der Waals surface area contributed by atoms with E-state index in [-0.39, 0.29) is 52.6 Å². The standard InChI is InChI=1S/C21H27N3O3.C19H23N3O3.BrH/c1-23(2)20(15-5-8-18(26-3)9-6-15)12-22-21(25)24-13-16-7-10-19(27-4)11-17(16)14-24;1-21(2)18(13-3-6-16(23)7-4-13)10-20-19(25)22-11-14-5-8-17(24)9-15(14)12-22;/h5-11,20H,12-14H2,1-4H3,(H,22,25);3-9,18,23-24H,10-12H2,1-2H3,(H,20,25);1H. The van der Waals surface area contributed by atoms with Crippen LogP contribution >= 0.6 is 17.0 Å². The molecule has 4 amide bonds. The highest BCUT2D eigenvalue weighted by atomic mass is 79.9. The molecule has 2 aliphatic heterocycles. The number of methoxy groups -OCH3 is 2. The van der Waals surface area contributed by atoms with Gasteiger partial charge in [0.25, 0.3) is 0 Å². The number of halogens is 1. The second kappa shape index (κ2) is 18.7. The molecule has 4 aromatic rings. The maximum atomic E-state index is 12.7. The molecule has 0 aliphatic carbocycles. The quantitative estimate of drug-likeness (QED) is 0.153. The summed E-state index contributed by atoms with van der Waals surface area (Å²) in [4.78, 5) is 32.9. The Labute approximate surface area is 322 Å². The van der Waals surface area contributed by atoms with Gasteiger partial charge in [0.15, 0.2) is 0 Å². The lowest BCUT2D eigenvalue weighted by molar-refractivity contribution is 0.192. The fourth-order valence-electron chi connectivity index (χ4n) is 6.48. The first-order valence-corrected chi connectivity index (χ1v) is 17.2. The molecule has 0 radical (unpaired) electrons. The smallest absolute Gasteiger partial charge is 0.318 e. The van der Waals surface area contributed by atoms with Crippen LogP contribution in [0.3, 0.4) is 0 Å². The summed E-state index contributed by atoms with van der Waals surface area (Å²) in [5.41, 5.74) is 6.52. The molecule has 53 heavy (non-hydrogen) atoms. The van der Waals surface area contributed by atoms with Crippen LogP contribution in [0.1, 0.15) is 45.5 Å². The van der Waals surface area contributed by atoms with Crippen LogP contribution in [0.2, 0.25) is 0 Å². The highest BCUT2D eigenvalue weighted by Crippen LogP contribution is 2.28. The van der Waals surface area contributed by atoms with Crippen molar-refractivity contribution in [3.63, 3.8) is 0 Å². The monoisotopic (exact) mass is 790 g/mol. The molecule has 0 saturated heterocycles. The lowest BCUT2D eigenvalue weighted by Gasteiger charge is -2.26. The lowest BCUT2D eigenvalue weighted by Crippen LogP contribution is -2.41. The minimum atomic E-state index is -0.124. The van der Waals surface area contributed by atoms with Crippen molar-refractivity contribution in [2.75, 3.05) is 55.5 Å². The van der Waals surface area contributed by atoms with E-state index in [1.807, 2.05) is 98.7 Å². The first kappa shape index (κ1) is 40.8. The Kier molecular flexibility index (Phi) is 14.4. The number of carbonyl (C=O) groups is 2. The number of likely N-dealkylation sites (N-methyl/N-ethyl adjacent to an activating group) is 2. The highest BCUT2D eigenvalue weighted by Gasteiger charge is 2.26. The van der Waals surface area contributed by atoms with Gasteiger partial charge in [-0.3, -0.25) is 0 Å². The van der Waals surface area contributed by atoms with Gasteiger partial charge in [-0.05, 0) is 110 Å². The number of phenolic OH excluding ortho intramolecular Hbond substituents is 2. The van der Waals surface area contributed by atoms with Crippen LogP contribution in [0.4, 0.5) is 9.59 Å². The largest absolute Gasteiger partial charge is 0.508 e. The Morgan fingerprint density at radius 1 is 0.604 bits per heavy atom. The Balaban J connectivity index is 0.000000233. The Morgan fingerprint density at radius 3 is 1.47 bits per heavy atom. The Morgan fingerprint density at radius 2 is 1.00 bits per heavy atom. The molecule has 2 unspecified atom stereocenters. The van der Waals surface area contributed by atoms with E-state index in [9.17, 15) is 19.8 Å². The number of rotatable bonds is 10. The number of fused-ring (bicyclic) bond motifs is 2. The van der Waals surface area contributed by atoms with Crippen LogP contribution in [0.25, 0.3) is 0 Å².